The molecule has 148 valence electrons. The van der Waals surface area contributed by atoms with Gasteiger partial charge in [0, 0.05) is 5.92 Å². The van der Waals surface area contributed by atoms with Gasteiger partial charge in [0.2, 0.25) is 11.6 Å². The first-order chi connectivity index (χ1) is 14.6. The van der Waals surface area contributed by atoms with Gasteiger partial charge in [-0.3, -0.25) is 14.6 Å². The van der Waals surface area contributed by atoms with Crippen molar-refractivity contribution in [3.05, 3.63) is 69.8 Å². The molecule has 0 radical (unpaired) electrons. The molecule has 0 unspecified atom stereocenters. The summed E-state index contributed by atoms with van der Waals surface area (Å²) in [5, 5.41) is 12.6. The molecule has 0 saturated carbocycles. The molecule has 12 heteroatoms. The molecule has 3 aromatic rings. The van der Waals surface area contributed by atoms with Gasteiger partial charge in [0.1, 0.15) is 11.8 Å². The molecule has 0 fully saturated rings. The zero-order valence-electron chi connectivity index (χ0n) is 16.8. The summed E-state index contributed by atoms with van der Waals surface area (Å²) in [6, 6.07) is 0.795. The van der Waals surface area contributed by atoms with Crippen molar-refractivity contribution >= 4 is 31.9 Å². The lowest BCUT2D eigenvalue weighted by Crippen LogP contribution is -2.33. The number of aromatic amines is 2. The van der Waals surface area contributed by atoms with Gasteiger partial charge in [0.25, 0.3) is 11.1 Å². The first-order valence-corrected chi connectivity index (χ1v) is 9.55. The van der Waals surface area contributed by atoms with Crippen LogP contribution in [-0.4, -0.2) is 24.7 Å². The van der Waals surface area contributed by atoms with Crippen molar-refractivity contribution in [1.82, 2.24) is 24.7 Å². The summed E-state index contributed by atoms with van der Waals surface area (Å²) in [4.78, 5) is 44.3. The second-order valence-electron chi connectivity index (χ2n) is 5.90. The van der Waals surface area contributed by atoms with E-state index in [1.165, 1.54) is 6.20 Å². The van der Waals surface area contributed by atoms with Crippen LogP contribution in [0.1, 0.15) is 33.9 Å². The summed E-state index contributed by atoms with van der Waals surface area (Å²) >= 11 is 6.40. The van der Waals surface area contributed by atoms with Gasteiger partial charge in [0.05, 0.1) is 23.6 Å². The number of nitriles is 1. The van der Waals surface area contributed by atoms with E-state index >= 15 is 0 Å². The van der Waals surface area contributed by atoms with Crippen molar-refractivity contribution < 1.29 is 7.48 Å². The van der Waals surface area contributed by atoms with Crippen LogP contribution in [0.25, 0.3) is 5.69 Å². The van der Waals surface area contributed by atoms with E-state index in [-0.39, 0.29) is 55.5 Å². The minimum absolute atomic E-state index is 0.00835. The zero-order valence-corrected chi connectivity index (χ0v) is 18.0. The molecule has 3 rings (SSSR count). The average molecular weight is 526 g/mol. The Morgan fingerprint density at radius 3 is 2.48 bits per heavy atom. The van der Waals surface area contributed by atoms with Crippen LogP contribution in [0.15, 0.2) is 41.6 Å². The summed E-state index contributed by atoms with van der Waals surface area (Å²) in [5.41, 5.74) is -3.04. The second kappa shape index (κ2) is 8.14. The lowest BCUT2D eigenvalue weighted by atomic mass is 10.1. The fourth-order valence-electron chi connectivity index (χ4n) is 2.22. The van der Waals surface area contributed by atoms with E-state index in [0.717, 1.165) is 0 Å². The lowest BCUT2D eigenvalue weighted by molar-refractivity contribution is 0.449. The van der Waals surface area contributed by atoms with E-state index in [1.54, 1.807) is 19.9 Å². The molecule has 10 nitrogen and oxygen atoms in total. The molecule has 29 heavy (non-hydrogen) atoms. The van der Waals surface area contributed by atoms with E-state index in [4.69, 9.17) is 12.7 Å². The maximum atomic E-state index is 12.2. The number of halogens is 2. The molecule has 0 aliphatic carbocycles. The second-order valence-corrected chi connectivity index (χ2v) is 7.48. The summed E-state index contributed by atoms with van der Waals surface area (Å²) in [6.07, 6.45) is 1.24. The Kier molecular flexibility index (Phi) is 5.06. The largest absolute Gasteiger partial charge is 0.435 e. The summed E-state index contributed by atoms with van der Waals surface area (Å²) in [7, 11) is 0. The molecule has 2 heterocycles. The number of nitrogens with one attached hydrogen (secondary N) is 2. The van der Waals surface area contributed by atoms with Gasteiger partial charge < -0.3 is 9.72 Å². The number of ether oxygens (including phenoxy) is 1. The number of hydrogen-bond donors (Lipinski definition) is 2. The van der Waals surface area contributed by atoms with Crippen LogP contribution in [0.2, 0.25) is 0 Å². The smallest absolute Gasteiger partial charge is 0.349 e. The third-order valence-electron chi connectivity index (χ3n) is 3.54. The third-order valence-corrected chi connectivity index (χ3v) is 4.66. The van der Waals surface area contributed by atoms with Crippen molar-refractivity contribution in [1.29, 1.82) is 5.26 Å². The highest BCUT2D eigenvalue weighted by Crippen LogP contribution is 2.37. The zero-order chi connectivity index (χ0) is 23.0. The van der Waals surface area contributed by atoms with Crippen LogP contribution in [-0.2, 0) is 0 Å². The highest BCUT2D eigenvalue weighted by atomic mass is 79.9. The standard InChI is InChI=1S/C17H12Br2N6O4/c1-7(2)13-16(27)21-6-12(22-13)29-14-9(18)3-8(4-10(14)19)25-17(28)23-15(26)11(5-20)24-25/h3-4,6-7H,1-2H3,(H,21,27)(H,23,26,28)/i3D,4D. The van der Waals surface area contributed by atoms with Crippen LogP contribution in [0, 0.1) is 11.3 Å². The molecule has 0 atom stereocenters. The van der Waals surface area contributed by atoms with Crippen LogP contribution < -0.4 is 21.5 Å². The fourth-order valence-corrected chi connectivity index (χ4v) is 3.42. The van der Waals surface area contributed by atoms with Crippen LogP contribution in [0.3, 0.4) is 0 Å². The van der Waals surface area contributed by atoms with Gasteiger partial charge >= 0.3 is 5.69 Å². The Labute approximate surface area is 182 Å². The van der Waals surface area contributed by atoms with Gasteiger partial charge in [-0.05, 0) is 43.9 Å². The van der Waals surface area contributed by atoms with E-state index in [1.807, 2.05) is 4.98 Å². The first kappa shape index (κ1) is 18.0. The SMILES string of the molecule is [2H]c1c(Br)c(Oc2c[nH]c(=O)c(C(C)C)n2)c(Br)c([2H])c1-n1nc(C#N)c(=O)[nH]c1=O. The van der Waals surface area contributed by atoms with E-state index in [9.17, 15) is 14.4 Å². The first-order valence-electron chi connectivity index (χ1n) is 8.96. The monoisotopic (exact) mass is 524 g/mol. The number of nitrogens with zero attached hydrogens (tertiary/aromatic N) is 4. The summed E-state index contributed by atoms with van der Waals surface area (Å²) in [6.45, 7) is 3.58. The highest BCUT2D eigenvalue weighted by molar-refractivity contribution is 9.11. The number of aromatic nitrogens is 5. The fraction of sp³-hybridized carbons (Fsp3) is 0.176. The quantitative estimate of drug-likeness (QED) is 0.531. The Hall–Kier alpha value is -3.04. The average Bonchev–Trinajstić information content (AvgIpc) is 2.72. The Bertz CT molecular complexity index is 1400. The predicted molar refractivity (Wildman–Crippen MR) is 110 cm³/mol. The van der Waals surface area contributed by atoms with Gasteiger partial charge in [0.15, 0.2) is 5.75 Å². The van der Waals surface area contributed by atoms with Crippen molar-refractivity contribution in [2.75, 3.05) is 0 Å². The van der Waals surface area contributed by atoms with E-state index in [2.05, 4.69) is 46.9 Å². The van der Waals surface area contributed by atoms with Crippen molar-refractivity contribution in [3.63, 3.8) is 0 Å². The minimum Gasteiger partial charge on any atom is -0.435 e. The molecular weight excluding hydrogens is 512 g/mol. The number of hydrogen-bond acceptors (Lipinski definition) is 7. The third kappa shape index (κ3) is 4.20. The van der Waals surface area contributed by atoms with Gasteiger partial charge in [-0.15, -0.1) is 5.10 Å². The molecule has 0 bridgehead atoms. The van der Waals surface area contributed by atoms with Gasteiger partial charge in [-0.1, -0.05) is 13.8 Å². The minimum atomic E-state index is -1.03. The number of benzene rings is 1. The van der Waals surface area contributed by atoms with Crippen LogP contribution in [0.5, 0.6) is 11.6 Å². The molecule has 1 aromatic carbocycles. The van der Waals surface area contributed by atoms with Crippen molar-refractivity contribution in [3.8, 4) is 23.4 Å². The molecule has 0 aliphatic heterocycles. The Morgan fingerprint density at radius 2 is 1.90 bits per heavy atom. The number of rotatable bonds is 4. The maximum absolute atomic E-state index is 12.2. The molecule has 2 N–H and O–H groups in total. The van der Waals surface area contributed by atoms with Gasteiger partial charge in [-0.25, -0.2) is 9.78 Å². The Morgan fingerprint density at radius 1 is 1.24 bits per heavy atom. The highest BCUT2D eigenvalue weighted by Gasteiger charge is 2.16. The van der Waals surface area contributed by atoms with E-state index < -0.39 is 16.9 Å². The predicted octanol–water partition coefficient (Wildman–Crippen LogP) is 2.32. The molecule has 0 aliphatic rings. The van der Waals surface area contributed by atoms with Gasteiger partial charge in [-0.2, -0.15) is 9.94 Å². The van der Waals surface area contributed by atoms with Crippen molar-refractivity contribution in [2.45, 2.75) is 19.8 Å². The molecule has 0 spiro atoms. The van der Waals surface area contributed by atoms with Crippen LogP contribution in [0.4, 0.5) is 0 Å². The lowest BCUT2D eigenvalue weighted by Gasteiger charge is -2.13. The molecule has 0 amide bonds. The molecular formula is C17H12Br2N6O4. The molecule has 2 aromatic heterocycles. The summed E-state index contributed by atoms with van der Waals surface area (Å²) < 4.78 is 23.1. The summed E-state index contributed by atoms with van der Waals surface area (Å²) in [5.74, 6) is -0.166. The Balaban J connectivity index is 2.20. The normalized spacial score (nSPS) is 11.7. The van der Waals surface area contributed by atoms with E-state index in [0.29, 0.717) is 4.68 Å². The molecule has 0 saturated heterocycles. The number of H-pyrrole nitrogens is 2. The topological polar surface area (TPSA) is 147 Å². The maximum Gasteiger partial charge on any atom is 0.349 e. The van der Waals surface area contributed by atoms with Crippen LogP contribution >= 0.6 is 31.9 Å². The van der Waals surface area contributed by atoms with Crippen molar-refractivity contribution in [2.24, 2.45) is 0 Å².